The Morgan fingerprint density at radius 3 is 2.69 bits per heavy atom. The van der Waals surface area contributed by atoms with E-state index in [2.05, 4.69) is 15.3 Å². The Labute approximate surface area is 186 Å². The van der Waals surface area contributed by atoms with Crippen molar-refractivity contribution in [2.75, 3.05) is 7.05 Å². The fraction of sp³-hybridized carbons (Fsp3) is 0.208. The molecule has 0 unspecified atom stereocenters. The van der Waals surface area contributed by atoms with Crippen molar-refractivity contribution >= 4 is 11.5 Å². The molecule has 0 amide bonds. The number of allylic oxidation sites excluding steroid dienone is 1. The molecule has 0 aliphatic carbocycles. The number of hydrogen-bond acceptors (Lipinski definition) is 7. The quantitative estimate of drug-likeness (QED) is 0.417. The Bertz CT molecular complexity index is 1250. The Morgan fingerprint density at radius 2 is 2.00 bits per heavy atom. The highest BCUT2D eigenvalue weighted by Crippen LogP contribution is 2.18. The van der Waals surface area contributed by atoms with Gasteiger partial charge in [-0.1, -0.05) is 24.3 Å². The first-order chi connectivity index (χ1) is 15.4. The van der Waals surface area contributed by atoms with Crippen LogP contribution in [0.3, 0.4) is 0 Å². The number of carbonyl (C=O) groups excluding carboxylic acids is 1. The Balaban J connectivity index is 1.90. The third kappa shape index (κ3) is 5.33. The summed E-state index contributed by atoms with van der Waals surface area (Å²) in [4.78, 5) is 33.7. The number of nitrogens with two attached hydrogens (primary N) is 1. The minimum atomic E-state index is -0.355. The van der Waals surface area contributed by atoms with Gasteiger partial charge in [0.05, 0.1) is 30.1 Å². The first-order valence-corrected chi connectivity index (χ1v) is 10.1. The molecular formula is C24H24N6O2. The molecular weight excluding hydrogens is 404 g/mol. The predicted octanol–water partition coefficient (Wildman–Crippen LogP) is 2.43. The predicted molar refractivity (Wildman–Crippen MR) is 122 cm³/mol. The lowest BCUT2D eigenvalue weighted by atomic mass is 10.1. The van der Waals surface area contributed by atoms with Gasteiger partial charge in [0, 0.05) is 42.7 Å². The monoisotopic (exact) mass is 428 g/mol. The van der Waals surface area contributed by atoms with Crippen LogP contribution in [0.4, 0.5) is 0 Å². The van der Waals surface area contributed by atoms with Gasteiger partial charge in [-0.25, -0.2) is 4.98 Å². The van der Waals surface area contributed by atoms with Crippen LogP contribution in [-0.4, -0.2) is 27.4 Å². The van der Waals surface area contributed by atoms with Gasteiger partial charge in [0.25, 0.3) is 5.56 Å². The van der Waals surface area contributed by atoms with E-state index >= 15 is 0 Å². The second kappa shape index (κ2) is 10.3. The minimum Gasteiger partial charge on any atom is -0.398 e. The number of hydrogen-bond donors (Lipinski definition) is 2. The molecule has 2 aromatic heterocycles. The summed E-state index contributed by atoms with van der Waals surface area (Å²) in [5, 5.41) is 11.9. The summed E-state index contributed by atoms with van der Waals surface area (Å²) in [6.07, 6.45) is 4.73. The molecule has 8 nitrogen and oxygen atoms in total. The minimum absolute atomic E-state index is 0.187. The Morgan fingerprint density at radius 1 is 1.25 bits per heavy atom. The van der Waals surface area contributed by atoms with Crippen LogP contribution in [0.15, 0.2) is 59.7 Å². The van der Waals surface area contributed by atoms with Gasteiger partial charge in [-0.05, 0) is 31.2 Å². The lowest BCUT2D eigenvalue weighted by Crippen LogP contribution is -2.18. The maximum Gasteiger partial charge on any atom is 0.250 e. The van der Waals surface area contributed by atoms with Crippen LogP contribution in [0.25, 0.3) is 17.0 Å². The molecule has 162 valence electrons. The highest BCUT2D eigenvalue weighted by molar-refractivity contribution is 6.07. The second-order valence-corrected chi connectivity index (χ2v) is 7.24. The number of nitriles is 1. The molecule has 3 N–H and O–H groups in total. The lowest BCUT2D eigenvalue weighted by Gasteiger charge is -2.09. The molecule has 2 heterocycles. The first kappa shape index (κ1) is 22.6. The maximum atomic E-state index is 12.9. The standard InChI is InChI=1S/C24H24N6O2/c1-16-24(22(31)12-20(26)18-6-4-17(5-7-18)13-27-2)29-21(14-28-16)19-8-9-23(32)30(15-19)11-3-10-25/h4-9,12,14-15,27H,3,11,13,26H2,1-2H3/b20-12-. The van der Waals surface area contributed by atoms with Gasteiger partial charge >= 0.3 is 0 Å². The van der Waals surface area contributed by atoms with Crippen molar-refractivity contribution < 1.29 is 4.79 Å². The van der Waals surface area contributed by atoms with Gasteiger partial charge in [0.15, 0.2) is 0 Å². The average Bonchev–Trinajstić information content (AvgIpc) is 2.79. The summed E-state index contributed by atoms with van der Waals surface area (Å²) >= 11 is 0. The third-order valence-electron chi connectivity index (χ3n) is 4.89. The zero-order chi connectivity index (χ0) is 23.1. The number of benzene rings is 1. The fourth-order valence-corrected chi connectivity index (χ4v) is 3.16. The number of ketones is 1. The summed E-state index contributed by atoms with van der Waals surface area (Å²) in [5.74, 6) is -0.355. The van der Waals surface area contributed by atoms with E-state index in [1.54, 1.807) is 25.4 Å². The van der Waals surface area contributed by atoms with Crippen LogP contribution in [0.2, 0.25) is 0 Å². The van der Waals surface area contributed by atoms with Crippen LogP contribution >= 0.6 is 0 Å². The van der Waals surface area contributed by atoms with Crippen molar-refractivity contribution in [1.82, 2.24) is 19.9 Å². The number of aryl methyl sites for hydroxylation is 2. The zero-order valence-corrected chi connectivity index (χ0v) is 18.0. The number of nitrogens with one attached hydrogen (secondary N) is 1. The van der Waals surface area contributed by atoms with Crippen molar-refractivity contribution in [3.05, 3.63) is 87.7 Å². The second-order valence-electron chi connectivity index (χ2n) is 7.24. The summed E-state index contributed by atoms with van der Waals surface area (Å²) in [6, 6.07) is 12.7. The molecule has 0 aliphatic heterocycles. The highest BCUT2D eigenvalue weighted by atomic mass is 16.1. The highest BCUT2D eigenvalue weighted by Gasteiger charge is 2.14. The van der Waals surface area contributed by atoms with E-state index < -0.39 is 0 Å². The average molecular weight is 428 g/mol. The van der Waals surface area contributed by atoms with E-state index in [1.807, 2.05) is 37.4 Å². The molecule has 8 heteroatoms. The lowest BCUT2D eigenvalue weighted by molar-refractivity contribution is 0.104. The van der Waals surface area contributed by atoms with Crippen LogP contribution in [0.5, 0.6) is 0 Å². The van der Waals surface area contributed by atoms with Gasteiger partial charge < -0.3 is 15.6 Å². The number of aromatic nitrogens is 3. The van der Waals surface area contributed by atoms with E-state index in [0.717, 1.165) is 17.7 Å². The smallest absolute Gasteiger partial charge is 0.250 e. The zero-order valence-electron chi connectivity index (χ0n) is 18.0. The van der Waals surface area contributed by atoms with Gasteiger partial charge in [-0.15, -0.1) is 0 Å². The molecule has 0 atom stereocenters. The molecule has 0 saturated heterocycles. The van der Waals surface area contributed by atoms with Gasteiger partial charge in [0.2, 0.25) is 5.78 Å². The van der Waals surface area contributed by atoms with E-state index in [-0.39, 0.29) is 30.0 Å². The number of nitrogens with zero attached hydrogens (tertiary/aromatic N) is 4. The van der Waals surface area contributed by atoms with Crippen LogP contribution in [-0.2, 0) is 13.1 Å². The molecule has 0 spiro atoms. The van der Waals surface area contributed by atoms with Gasteiger partial charge in [-0.2, -0.15) is 5.26 Å². The van der Waals surface area contributed by atoms with Crippen molar-refractivity contribution in [2.24, 2.45) is 5.73 Å². The normalized spacial score (nSPS) is 11.2. The molecule has 0 saturated carbocycles. The van der Waals surface area contributed by atoms with Crippen LogP contribution in [0.1, 0.15) is 33.7 Å². The maximum absolute atomic E-state index is 12.9. The molecule has 3 aromatic rings. The van der Waals surface area contributed by atoms with E-state index in [4.69, 9.17) is 11.0 Å². The molecule has 32 heavy (non-hydrogen) atoms. The molecule has 3 rings (SSSR count). The van der Waals surface area contributed by atoms with Crippen molar-refractivity contribution in [3.8, 4) is 17.3 Å². The number of rotatable bonds is 8. The summed E-state index contributed by atoms with van der Waals surface area (Å²) in [7, 11) is 1.87. The van der Waals surface area contributed by atoms with E-state index in [9.17, 15) is 9.59 Å². The van der Waals surface area contributed by atoms with E-state index in [0.29, 0.717) is 22.6 Å². The number of carbonyl (C=O) groups is 1. The molecule has 0 aliphatic rings. The molecule has 0 radical (unpaired) electrons. The molecule has 0 fully saturated rings. The van der Waals surface area contributed by atoms with Crippen LogP contribution < -0.4 is 16.6 Å². The third-order valence-corrected chi connectivity index (χ3v) is 4.89. The van der Waals surface area contributed by atoms with Crippen molar-refractivity contribution in [3.63, 3.8) is 0 Å². The molecule has 1 aromatic carbocycles. The Kier molecular flexibility index (Phi) is 7.26. The van der Waals surface area contributed by atoms with Crippen molar-refractivity contribution in [1.29, 1.82) is 5.26 Å². The van der Waals surface area contributed by atoms with Crippen molar-refractivity contribution in [2.45, 2.75) is 26.4 Å². The van der Waals surface area contributed by atoms with Gasteiger partial charge in [-0.3, -0.25) is 14.6 Å². The summed E-state index contributed by atoms with van der Waals surface area (Å²) in [6.45, 7) is 2.73. The Hall–Kier alpha value is -4.09. The van der Waals surface area contributed by atoms with Gasteiger partial charge in [0.1, 0.15) is 5.69 Å². The SMILES string of the molecule is CNCc1ccc(/C(N)=C/C(=O)c2nc(-c3ccc(=O)n(CCC#N)c3)cnc2C)cc1. The number of pyridine rings is 1. The topological polar surface area (TPSA) is 127 Å². The summed E-state index contributed by atoms with van der Waals surface area (Å²) in [5.41, 5.74) is 9.87. The molecule has 0 bridgehead atoms. The largest absolute Gasteiger partial charge is 0.398 e. The first-order valence-electron chi connectivity index (χ1n) is 10.1. The summed E-state index contributed by atoms with van der Waals surface area (Å²) < 4.78 is 1.44. The fourth-order valence-electron chi connectivity index (χ4n) is 3.16. The van der Waals surface area contributed by atoms with Crippen LogP contribution in [0, 0.1) is 18.3 Å². The van der Waals surface area contributed by atoms with E-state index in [1.165, 1.54) is 16.7 Å².